The van der Waals surface area contributed by atoms with Crippen molar-refractivity contribution in [2.75, 3.05) is 24.7 Å². The summed E-state index contributed by atoms with van der Waals surface area (Å²) >= 11 is 1.45. The van der Waals surface area contributed by atoms with Gasteiger partial charge in [-0.1, -0.05) is 48.2 Å². The van der Waals surface area contributed by atoms with Crippen molar-refractivity contribution in [3.8, 4) is 0 Å². The molecule has 0 aliphatic rings. The highest BCUT2D eigenvalue weighted by molar-refractivity contribution is 7.98. The van der Waals surface area contributed by atoms with E-state index < -0.39 is 11.8 Å². The van der Waals surface area contributed by atoms with E-state index in [1.807, 2.05) is 42.7 Å². The Bertz CT molecular complexity index is 851. The summed E-state index contributed by atoms with van der Waals surface area (Å²) in [7, 11) is 0. The minimum atomic E-state index is -0.700. The van der Waals surface area contributed by atoms with Gasteiger partial charge in [-0.2, -0.15) is 0 Å². The summed E-state index contributed by atoms with van der Waals surface area (Å²) in [5.41, 5.74) is 2.00. The summed E-state index contributed by atoms with van der Waals surface area (Å²) in [5, 5.41) is 13.8. The quantitative estimate of drug-likeness (QED) is 0.264. The number of hydrogen-bond donors (Lipinski definition) is 2. The Hall–Kier alpha value is -2.58. The highest BCUT2D eigenvalue weighted by Crippen LogP contribution is 2.23. The molecule has 2 aromatic rings. The summed E-state index contributed by atoms with van der Waals surface area (Å²) in [6, 6.07) is 9.99. The topological polar surface area (TPSA) is 93.6 Å². The second kappa shape index (κ2) is 11.6. The number of nitrogens with zero attached hydrogens (tertiary/aromatic N) is 2. The Morgan fingerprint density at radius 3 is 2.57 bits per heavy atom. The van der Waals surface area contributed by atoms with Crippen LogP contribution in [0.5, 0.6) is 0 Å². The Morgan fingerprint density at radius 1 is 1.20 bits per heavy atom. The molecule has 0 aliphatic carbocycles. The molecule has 1 aromatic heterocycles. The molecule has 2 rings (SSSR count). The molecule has 7 nitrogen and oxygen atoms in total. The van der Waals surface area contributed by atoms with E-state index in [0.717, 1.165) is 11.3 Å². The van der Waals surface area contributed by atoms with Crippen molar-refractivity contribution in [3.05, 3.63) is 59.3 Å². The van der Waals surface area contributed by atoms with Crippen LogP contribution in [0.2, 0.25) is 0 Å². The van der Waals surface area contributed by atoms with Crippen LogP contribution in [0, 0.1) is 0 Å². The summed E-state index contributed by atoms with van der Waals surface area (Å²) in [4.78, 5) is 20.6. The Labute approximate surface area is 181 Å². The summed E-state index contributed by atoms with van der Waals surface area (Å²) in [6.07, 6.45) is 5.37. The predicted molar refractivity (Wildman–Crippen MR) is 119 cm³/mol. The van der Waals surface area contributed by atoms with Gasteiger partial charge in [0, 0.05) is 18.5 Å². The molecule has 1 aromatic carbocycles. The van der Waals surface area contributed by atoms with Gasteiger partial charge in [-0.15, -0.1) is 0 Å². The number of ether oxygens (including phenoxy) is 2. The zero-order chi connectivity index (χ0) is 22.0. The smallest absolute Gasteiger partial charge is 0.430 e. The number of aliphatic hydroxyl groups excluding tert-OH is 1. The lowest BCUT2D eigenvalue weighted by Gasteiger charge is -2.18. The van der Waals surface area contributed by atoms with Crippen molar-refractivity contribution in [1.82, 2.24) is 9.97 Å². The lowest BCUT2D eigenvalue weighted by atomic mass is 10.1. The lowest BCUT2D eigenvalue weighted by Crippen LogP contribution is -2.24. The van der Waals surface area contributed by atoms with Crippen LogP contribution in [0.3, 0.4) is 0 Å². The average molecular weight is 432 g/mol. The predicted octanol–water partition coefficient (Wildman–Crippen LogP) is 4.20. The van der Waals surface area contributed by atoms with E-state index in [0.29, 0.717) is 29.5 Å². The number of thioether (sulfide) groups is 1. The van der Waals surface area contributed by atoms with Crippen LogP contribution in [0.25, 0.3) is 0 Å². The van der Waals surface area contributed by atoms with E-state index in [1.165, 1.54) is 11.8 Å². The number of nitrogens with one attached hydrogen (secondary N) is 1. The van der Waals surface area contributed by atoms with E-state index in [1.54, 1.807) is 26.8 Å². The number of hydrogen-bond acceptors (Lipinski definition) is 8. The first-order chi connectivity index (χ1) is 14.3. The van der Waals surface area contributed by atoms with Crippen molar-refractivity contribution in [3.63, 3.8) is 0 Å². The van der Waals surface area contributed by atoms with Gasteiger partial charge in [0.2, 0.25) is 0 Å². The number of carbonyl (C=O) groups is 1. The maximum absolute atomic E-state index is 11.5. The molecule has 8 heteroatoms. The number of aliphatic hydroxyl groups is 1. The van der Waals surface area contributed by atoms with Crippen LogP contribution >= 0.6 is 11.8 Å². The van der Waals surface area contributed by atoms with Crippen LogP contribution in [0.15, 0.2) is 47.6 Å². The van der Waals surface area contributed by atoms with Gasteiger partial charge < -0.3 is 19.9 Å². The first-order valence-electron chi connectivity index (χ1n) is 9.65. The van der Waals surface area contributed by atoms with Gasteiger partial charge in [-0.05, 0) is 38.7 Å². The molecular weight excluding hydrogens is 402 g/mol. The van der Waals surface area contributed by atoms with E-state index in [-0.39, 0.29) is 13.2 Å². The Kier molecular flexibility index (Phi) is 9.14. The van der Waals surface area contributed by atoms with Crippen LogP contribution in [-0.4, -0.2) is 46.2 Å². The zero-order valence-corrected chi connectivity index (χ0v) is 18.7. The molecule has 0 fully saturated rings. The van der Waals surface area contributed by atoms with E-state index in [4.69, 9.17) is 9.47 Å². The largest absolute Gasteiger partial charge is 0.509 e. The van der Waals surface area contributed by atoms with E-state index >= 15 is 0 Å². The van der Waals surface area contributed by atoms with Gasteiger partial charge in [0.15, 0.2) is 5.16 Å². The van der Waals surface area contributed by atoms with Crippen LogP contribution in [0.4, 0.5) is 10.6 Å². The summed E-state index contributed by atoms with van der Waals surface area (Å²) in [6.45, 7) is 5.75. The lowest BCUT2D eigenvalue weighted by molar-refractivity contribution is -0.00242. The number of anilines is 1. The highest BCUT2D eigenvalue weighted by atomic mass is 32.2. The maximum Gasteiger partial charge on any atom is 0.509 e. The molecule has 162 valence electrons. The van der Waals surface area contributed by atoms with Gasteiger partial charge in [0.25, 0.3) is 0 Å². The molecule has 0 atom stereocenters. The van der Waals surface area contributed by atoms with Gasteiger partial charge >= 0.3 is 6.16 Å². The van der Waals surface area contributed by atoms with Crippen molar-refractivity contribution in [2.45, 2.75) is 44.6 Å². The molecular formula is C22H29N3O4S. The summed E-state index contributed by atoms with van der Waals surface area (Å²) < 4.78 is 10.1. The molecule has 0 amide bonds. The molecule has 0 unspecified atom stereocenters. The van der Waals surface area contributed by atoms with Crippen molar-refractivity contribution in [2.24, 2.45) is 0 Å². The fourth-order valence-electron chi connectivity index (χ4n) is 2.55. The van der Waals surface area contributed by atoms with E-state index in [2.05, 4.69) is 15.3 Å². The standard InChI is InChI=1S/C22H29N3O4S/c1-22(2,3)29-21(27)28-13-9-8-12-23-19-17(15-26)18(24-20(25-19)30-4)14-16-10-6-5-7-11-16/h5-11,26H,12-15H2,1-4H3,(H,23,24,25)/b9-8+. The van der Waals surface area contributed by atoms with Crippen molar-refractivity contribution < 1.29 is 19.4 Å². The monoisotopic (exact) mass is 431 g/mol. The van der Waals surface area contributed by atoms with Crippen molar-refractivity contribution >= 4 is 23.7 Å². The van der Waals surface area contributed by atoms with Crippen LogP contribution < -0.4 is 5.32 Å². The number of aromatic nitrogens is 2. The molecule has 30 heavy (non-hydrogen) atoms. The average Bonchev–Trinajstić information content (AvgIpc) is 2.69. The Morgan fingerprint density at radius 2 is 1.93 bits per heavy atom. The molecule has 0 radical (unpaired) electrons. The fraction of sp³-hybridized carbons (Fsp3) is 0.409. The number of rotatable bonds is 9. The molecule has 1 heterocycles. The molecule has 0 bridgehead atoms. The molecule has 0 saturated heterocycles. The third kappa shape index (κ3) is 8.04. The van der Waals surface area contributed by atoms with E-state index in [9.17, 15) is 9.90 Å². The Balaban J connectivity index is 1.99. The fourth-order valence-corrected chi connectivity index (χ4v) is 2.93. The SMILES string of the molecule is CSc1nc(Cc2ccccc2)c(CO)c(NC/C=C/COC(=O)OC(C)(C)C)n1. The first-order valence-corrected chi connectivity index (χ1v) is 10.9. The van der Waals surface area contributed by atoms with Crippen LogP contribution in [-0.2, 0) is 22.5 Å². The minimum Gasteiger partial charge on any atom is -0.430 e. The second-order valence-electron chi connectivity index (χ2n) is 7.43. The summed E-state index contributed by atoms with van der Waals surface area (Å²) in [5.74, 6) is 0.598. The molecule has 0 spiro atoms. The molecule has 0 saturated carbocycles. The molecule has 2 N–H and O–H groups in total. The van der Waals surface area contributed by atoms with Gasteiger partial charge in [0.1, 0.15) is 18.0 Å². The maximum atomic E-state index is 11.5. The number of benzene rings is 1. The van der Waals surface area contributed by atoms with Gasteiger partial charge in [0.05, 0.1) is 12.3 Å². The van der Waals surface area contributed by atoms with Gasteiger partial charge in [-0.3, -0.25) is 0 Å². The van der Waals surface area contributed by atoms with Crippen molar-refractivity contribution in [1.29, 1.82) is 0 Å². The third-order valence-electron chi connectivity index (χ3n) is 3.87. The normalized spacial score (nSPS) is 11.5. The second-order valence-corrected chi connectivity index (χ2v) is 8.21. The minimum absolute atomic E-state index is 0.114. The van der Waals surface area contributed by atoms with Crippen LogP contribution in [0.1, 0.15) is 37.6 Å². The third-order valence-corrected chi connectivity index (χ3v) is 4.42. The van der Waals surface area contributed by atoms with Gasteiger partial charge in [-0.25, -0.2) is 14.8 Å². The molecule has 0 aliphatic heterocycles. The first kappa shape index (κ1) is 23.7. The highest BCUT2D eigenvalue weighted by Gasteiger charge is 2.17. The number of carbonyl (C=O) groups excluding carboxylic acids is 1. The zero-order valence-electron chi connectivity index (χ0n) is 17.8.